The number of phenolic OH excluding ortho intramolecular Hbond substituents is 1. The van der Waals surface area contributed by atoms with E-state index < -0.39 is 79.4 Å². The minimum absolute atomic E-state index is 0. The van der Waals surface area contributed by atoms with Gasteiger partial charge in [-0.1, -0.05) is 99.9 Å². The predicted octanol–water partition coefficient (Wildman–Crippen LogP) is 21.3. The van der Waals surface area contributed by atoms with E-state index in [0.717, 1.165) is 19.3 Å². The van der Waals surface area contributed by atoms with Crippen LogP contribution in [-0.2, 0) is 62.6 Å². The highest BCUT2D eigenvalue weighted by Crippen LogP contribution is 2.68. The third kappa shape index (κ3) is 22.1. The molecule has 1 aromatic heterocycles. The van der Waals surface area contributed by atoms with Crippen LogP contribution < -0.4 is 4.74 Å². The molecule has 0 amide bonds. The van der Waals surface area contributed by atoms with Crippen LogP contribution >= 0.6 is 10.5 Å². The van der Waals surface area contributed by atoms with Gasteiger partial charge in [-0.25, -0.2) is 13.2 Å². The van der Waals surface area contributed by atoms with Gasteiger partial charge in [0, 0.05) is 34.1 Å². The number of hydrogen-bond donors (Lipinski definition) is 1. The predicted molar refractivity (Wildman–Crippen MR) is 419 cm³/mol. The van der Waals surface area contributed by atoms with Gasteiger partial charge in [-0.2, -0.15) is 13.2 Å². The Morgan fingerprint density at radius 2 is 1.04 bits per heavy atom. The lowest BCUT2D eigenvalue weighted by Crippen LogP contribution is -2.61. The van der Waals surface area contributed by atoms with E-state index in [0.29, 0.717) is 75.0 Å². The van der Waals surface area contributed by atoms with Crippen molar-refractivity contribution in [2.24, 2.45) is 74.4 Å². The largest absolute Gasteiger partial charge is 0.748 e. The third-order valence-corrected chi connectivity index (χ3v) is 26.7. The Morgan fingerprint density at radius 1 is 0.607 bits per heavy atom. The van der Waals surface area contributed by atoms with Gasteiger partial charge in [0.1, 0.15) is 17.1 Å². The summed E-state index contributed by atoms with van der Waals surface area (Å²) in [6.45, 7) is 28.5. The van der Waals surface area contributed by atoms with Crippen molar-refractivity contribution in [2.45, 2.75) is 267 Å². The number of hydrogen-bond acceptors (Lipinski definition) is 16. The van der Waals surface area contributed by atoms with Gasteiger partial charge < -0.3 is 38.1 Å². The van der Waals surface area contributed by atoms with E-state index in [1.165, 1.54) is 60.6 Å². The fraction of sp³-hybridized carbons (Fsp3) is 0.651. The van der Waals surface area contributed by atoms with E-state index in [1.807, 2.05) is 62.3 Å². The number of carbonyl (C=O) groups is 6. The Hall–Kier alpha value is -6.58. The van der Waals surface area contributed by atoms with Gasteiger partial charge >= 0.3 is 42.0 Å². The van der Waals surface area contributed by atoms with Crippen molar-refractivity contribution in [3.05, 3.63) is 102 Å². The van der Waals surface area contributed by atoms with E-state index in [9.17, 15) is 60.0 Å². The molecule has 16 nitrogen and oxygen atoms in total. The van der Waals surface area contributed by atoms with Crippen LogP contribution in [-0.4, -0.2) is 96.8 Å². The fourth-order valence-corrected chi connectivity index (χ4v) is 19.7. The molecule has 8 bridgehead atoms. The first-order valence-electron chi connectivity index (χ1n) is 37.2. The van der Waals surface area contributed by atoms with E-state index >= 15 is 0 Å². The van der Waals surface area contributed by atoms with Crippen LogP contribution in [0.5, 0.6) is 11.5 Å². The molecule has 9 fully saturated rings. The Bertz CT molecular complexity index is 3800. The van der Waals surface area contributed by atoms with E-state index in [4.69, 9.17) is 23.7 Å². The second-order valence-electron chi connectivity index (χ2n) is 32.7. The van der Waals surface area contributed by atoms with Gasteiger partial charge in [0.15, 0.2) is 14.3 Å². The average molecular weight is 1540 g/mol. The number of fused-ring (bicyclic) bond motifs is 12. The van der Waals surface area contributed by atoms with Crippen LogP contribution in [0.2, 0.25) is 0 Å². The summed E-state index contributed by atoms with van der Waals surface area (Å²) in [5.41, 5.74) is -2.86. The average Bonchev–Trinajstić information content (AvgIpc) is 1.69. The first kappa shape index (κ1) is 92.8. The Balaban J connectivity index is 0.000000280. The van der Waals surface area contributed by atoms with Crippen LogP contribution in [0.1, 0.15) is 240 Å². The molecule has 4 aromatic carbocycles. The van der Waals surface area contributed by atoms with Crippen molar-refractivity contribution >= 4 is 76.6 Å². The number of rotatable bonds is 17. The lowest BCUT2D eigenvalue weighted by Gasteiger charge is -2.60. The minimum atomic E-state index is -5.27. The number of ether oxygens (including phenoxy) is 6. The first-order chi connectivity index (χ1) is 48.2. The monoisotopic (exact) mass is 1540 g/mol. The van der Waals surface area contributed by atoms with Crippen molar-refractivity contribution in [3.63, 3.8) is 0 Å². The van der Waals surface area contributed by atoms with Crippen molar-refractivity contribution in [1.29, 1.82) is 0 Å². The minimum Gasteiger partial charge on any atom is -0.748 e. The number of thiophene rings is 1. The number of alkyl halides is 3. The molecule has 14 rings (SSSR count). The number of halogens is 3. The number of phenols is 1. The summed E-state index contributed by atoms with van der Waals surface area (Å²) in [6, 6.07) is 31.7. The summed E-state index contributed by atoms with van der Waals surface area (Å²) in [6.07, 6.45) is 6.59. The zero-order valence-corrected chi connectivity index (χ0v) is 64.7. The van der Waals surface area contributed by atoms with Gasteiger partial charge in [0.25, 0.3) is 0 Å². The standard InChI is InChI=1S/C20H29F3O7S.C18H13S.C14H20O3.C12H18.C10H16O4.C8H16O2.4CH4/c1-4-17(2,3)15(24)30-19-8-12-5-13(9-19)7-18(6-12,11-19)16(25)29-14(20(21,22)23)10-31(26,27)28;1-2-8-14(9-3-1)19-17-12-6-4-10-15(17)16-11-5-7-13-18(16)19;1-6-14(4,5)13(16)17-11-7-9(2)12(15)10(3)8-11;1-2-8-5-7(1)11-9-3-4-10(6-9)12(8)11;1-4-10(2,3)9(12)14-7-5-6-13-8(7)11;1-5-8(3,4)7(9)10-6-2;;;;/h12-14H,4-11H2,1-3H3,(H,26,27,28);1-13H;7-8,15H,6H2,1-5H3;7-12H,1-6H2;7H,4-6H2,1-3H3;5-6H2,1-4H3;4*1H4/q;+1;;;;;;;;/p-1. The van der Waals surface area contributed by atoms with Crippen molar-refractivity contribution < 1.29 is 88.4 Å². The van der Waals surface area contributed by atoms with Gasteiger partial charge in [0.2, 0.25) is 12.2 Å². The molecular weight excluding hydrogens is 1410 g/mol. The molecule has 0 radical (unpaired) electrons. The molecule has 1 aliphatic heterocycles. The summed E-state index contributed by atoms with van der Waals surface area (Å²) >= 11 is 0. The molecular formula is C86H127F3O16S2. The number of benzene rings is 4. The fourth-order valence-electron chi connectivity index (χ4n) is 16.7. The van der Waals surface area contributed by atoms with Crippen LogP contribution in [0, 0.1) is 88.3 Å². The topological polar surface area (TPSA) is 235 Å². The highest BCUT2D eigenvalue weighted by Gasteiger charge is 2.65. The molecule has 2 heterocycles. The van der Waals surface area contributed by atoms with E-state index in [1.54, 1.807) is 92.2 Å². The molecule has 8 aliphatic carbocycles. The summed E-state index contributed by atoms with van der Waals surface area (Å²) in [7, 11) is -5.21. The highest BCUT2D eigenvalue weighted by molar-refractivity contribution is 7.85. The number of carbonyl (C=O) groups excluding carboxylic acids is 6. The maximum Gasteiger partial charge on any atom is 0.426 e. The third-order valence-electron chi connectivity index (χ3n) is 23.7. The van der Waals surface area contributed by atoms with Gasteiger partial charge in [0.05, 0.1) is 56.2 Å². The molecule has 8 atom stereocenters. The molecule has 600 valence electrons. The Morgan fingerprint density at radius 3 is 1.46 bits per heavy atom. The number of aryl methyl sites for hydroxylation is 2. The maximum absolute atomic E-state index is 13.3. The zero-order chi connectivity index (χ0) is 76.0. The van der Waals surface area contributed by atoms with Crippen LogP contribution in [0.3, 0.4) is 0 Å². The van der Waals surface area contributed by atoms with Crippen molar-refractivity contribution in [1.82, 2.24) is 0 Å². The quantitative estimate of drug-likeness (QED) is 0.0227. The van der Waals surface area contributed by atoms with Crippen LogP contribution in [0.25, 0.3) is 25.1 Å². The van der Waals surface area contributed by atoms with E-state index in [-0.39, 0.29) is 87.5 Å². The summed E-state index contributed by atoms with van der Waals surface area (Å²) < 4.78 is 106. The lowest BCUT2D eigenvalue weighted by atomic mass is 9.48. The summed E-state index contributed by atoms with van der Waals surface area (Å²) in [5, 5.41) is 12.4. The summed E-state index contributed by atoms with van der Waals surface area (Å²) in [4.78, 5) is 72.7. The van der Waals surface area contributed by atoms with Gasteiger partial charge in [-0.15, -0.1) is 0 Å². The zero-order valence-electron chi connectivity index (χ0n) is 63.1. The highest BCUT2D eigenvalue weighted by atomic mass is 32.2. The first-order valence-corrected chi connectivity index (χ1v) is 40.0. The molecule has 1 N–H and O–H groups in total. The van der Waals surface area contributed by atoms with Crippen LogP contribution in [0.4, 0.5) is 13.2 Å². The lowest BCUT2D eigenvalue weighted by molar-refractivity contribution is -0.239. The molecule has 1 saturated heterocycles. The Labute approximate surface area is 640 Å². The molecule has 21 heteroatoms. The van der Waals surface area contributed by atoms with Crippen molar-refractivity contribution in [2.75, 3.05) is 19.0 Å². The SMILES string of the molecule is C.C.C.C.C1CC2CC1C1C3CCC(C3)C21.CCC(C)(C)C(=O)OC12CC3CC(C1)CC(C(=O)OC(CS(=O)(=O)[O-])C(F)(F)F)(C3)C2.CCC(C)(C)C(=O)OC1CCOC1=O.CCC(C)(C)C(=O)Oc1cc(C)c(O)c(C)c1.CCOC(=O)C(C)(C)CC.c1ccc(-[s+]2c3ccccc3c3ccccc32)cc1. The molecule has 9 aliphatic rings. The number of cyclic esters (lactones) is 1. The second-order valence-corrected chi connectivity index (χ2v) is 36.1. The molecule has 8 unspecified atom stereocenters. The van der Waals surface area contributed by atoms with Crippen molar-refractivity contribution in [3.8, 4) is 16.4 Å². The number of aromatic hydroxyl groups is 1. The maximum atomic E-state index is 13.3. The number of esters is 6. The van der Waals surface area contributed by atoms with E-state index in [2.05, 4.69) is 83.6 Å². The molecule has 5 aromatic rings. The summed E-state index contributed by atoms with van der Waals surface area (Å²) in [5.74, 6) is 3.49. The molecule has 107 heavy (non-hydrogen) atoms. The molecule has 8 saturated carbocycles. The smallest absolute Gasteiger partial charge is 0.426 e. The second kappa shape index (κ2) is 37.4. The Kier molecular flexibility index (Phi) is 32.5. The normalized spacial score (nSPS) is 24.9. The van der Waals surface area contributed by atoms with Gasteiger partial charge in [-0.05, 0) is 279 Å². The van der Waals surface area contributed by atoms with Crippen LogP contribution in [0.15, 0.2) is 91.0 Å². The molecule has 0 spiro atoms. The van der Waals surface area contributed by atoms with Gasteiger partial charge in [-0.3, -0.25) is 24.0 Å².